The molecule has 1 N–H and O–H groups in total. The van der Waals surface area contributed by atoms with Gasteiger partial charge in [-0.25, -0.2) is 0 Å². The molecule has 0 aromatic rings. The Bertz CT molecular complexity index is 260. The number of fused-ring (bicyclic) bond motifs is 1. The Kier molecular flexibility index (Phi) is 2.91. The summed E-state index contributed by atoms with van der Waals surface area (Å²) in [6.45, 7) is 1.08. The van der Waals surface area contributed by atoms with E-state index in [-0.39, 0.29) is 0 Å². The zero-order valence-corrected chi connectivity index (χ0v) is 10.1. The van der Waals surface area contributed by atoms with Crippen LogP contribution in [0.25, 0.3) is 0 Å². The third-order valence-electron chi connectivity index (χ3n) is 3.84. The molecule has 2 unspecified atom stereocenters. The SMILES string of the molecule is C1CCC2NC(=NCC3CC3)SCC2C1. The lowest BCUT2D eigenvalue weighted by Gasteiger charge is -2.36. The number of hydrogen-bond donors (Lipinski definition) is 1. The van der Waals surface area contributed by atoms with E-state index in [0.29, 0.717) is 0 Å². The molecule has 2 nitrogen and oxygen atoms in total. The Morgan fingerprint density at radius 1 is 1.20 bits per heavy atom. The zero-order valence-electron chi connectivity index (χ0n) is 9.24. The highest BCUT2D eigenvalue weighted by Gasteiger charge is 2.30. The predicted octanol–water partition coefficient (Wildman–Crippen LogP) is 2.65. The lowest BCUT2D eigenvalue weighted by Crippen LogP contribution is -2.46. The summed E-state index contributed by atoms with van der Waals surface area (Å²) in [5, 5.41) is 4.89. The molecular weight excluding hydrogens is 204 g/mol. The molecule has 15 heavy (non-hydrogen) atoms. The van der Waals surface area contributed by atoms with Crippen molar-refractivity contribution in [3.05, 3.63) is 0 Å². The third kappa shape index (κ3) is 2.49. The summed E-state index contributed by atoms with van der Waals surface area (Å²) < 4.78 is 0. The van der Waals surface area contributed by atoms with Crippen molar-refractivity contribution in [3.63, 3.8) is 0 Å². The number of nitrogens with zero attached hydrogens (tertiary/aromatic N) is 1. The maximum atomic E-state index is 4.70. The van der Waals surface area contributed by atoms with Crippen LogP contribution in [0.2, 0.25) is 0 Å². The Balaban J connectivity index is 1.56. The first-order valence-electron chi connectivity index (χ1n) is 6.35. The quantitative estimate of drug-likeness (QED) is 0.780. The van der Waals surface area contributed by atoms with Crippen molar-refractivity contribution in [1.82, 2.24) is 5.32 Å². The Morgan fingerprint density at radius 3 is 2.93 bits per heavy atom. The molecule has 0 bridgehead atoms. The second-order valence-corrected chi connectivity index (χ2v) is 6.20. The molecule has 0 aromatic heterocycles. The van der Waals surface area contributed by atoms with Crippen molar-refractivity contribution in [2.45, 2.75) is 44.6 Å². The number of rotatable bonds is 2. The maximum absolute atomic E-state index is 4.70. The first-order valence-corrected chi connectivity index (χ1v) is 7.34. The molecule has 84 valence electrons. The molecule has 3 aliphatic rings. The summed E-state index contributed by atoms with van der Waals surface area (Å²) in [6.07, 6.45) is 8.47. The molecule has 3 rings (SSSR count). The normalized spacial score (nSPS) is 38.5. The van der Waals surface area contributed by atoms with Gasteiger partial charge in [0, 0.05) is 18.3 Å². The van der Waals surface area contributed by atoms with Gasteiger partial charge in [0.2, 0.25) is 0 Å². The summed E-state index contributed by atoms with van der Waals surface area (Å²) >= 11 is 1.96. The molecule has 0 amide bonds. The van der Waals surface area contributed by atoms with E-state index in [1.54, 1.807) is 0 Å². The third-order valence-corrected chi connectivity index (χ3v) is 4.96. The van der Waals surface area contributed by atoms with Crippen LogP contribution < -0.4 is 5.32 Å². The van der Waals surface area contributed by atoms with Crippen LogP contribution in [0, 0.1) is 11.8 Å². The predicted molar refractivity (Wildman–Crippen MR) is 66.4 cm³/mol. The van der Waals surface area contributed by atoms with Gasteiger partial charge < -0.3 is 5.32 Å². The summed E-state index contributed by atoms with van der Waals surface area (Å²) in [5.74, 6) is 3.15. The molecule has 0 radical (unpaired) electrons. The van der Waals surface area contributed by atoms with Crippen LogP contribution in [0.1, 0.15) is 38.5 Å². The van der Waals surface area contributed by atoms with Crippen LogP contribution in [0.3, 0.4) is 0 Å². The monoisotopic (exact) mass is 224 g/mol. The van der Waals surface area contributed by atoms with Crippen molar-refractivity contribution in [3.8, 4) is 0 Å². The van der Waals surface area contributed by atoms with E-state index in [1.165, 1.54) is 49.4 Å². The van der Waals surface area contributed by atoms with E-state index in [9.17, 15) is 0 Å². The fraction of sp³-hybridized carbons (Fsp3) is 0.917. The summed E-state index contributed by atoms with van der Waals surface area (Å²) in [7, 11) is 0. The Hall–Kier alpha value is -0.180. The lowest BCUT2D eigenvalue weighted by atomic mass is 9.86. The van der Waals surface area contributed by atoms with Gasteiger partial charge in [0.15, 0.2) is 5.17 Å². The fourth-order valence-corrected chi connectivity index (χ4v) is 3.76. The molecular formula is C12H20N2S. The molecule has 1 heterocycles. The smallest absolute Gasteiger partial charge is 0.156 e. The molecule has 1 aliphatic heterocycles. The summed E-state index contributed by atoms with van der Waals surface area (Å²) in [5.41, 5.74) is 0. The molecule has 2 atom stereocenters. The highest BCUT2D eigenvalue weighted by Crippen LogP contribution is 2.33. The van der Waals surface area contributed by atoms with Crippen molar-refractivity contribution >= 4 is 16.9 Å². The van der Waals surface area contributed by atoms with Crippen LogP contribution >= 0.6 is 11.8 Å². The first-order chi connectivity index (χ1) is 7.42. The second-order valence-electron chi connectivity index (χ2n) is 5.20. The number of aliphatic imine (C=N–C) groups is 1. The van der Waals surface area contributed by atoms with E-state index in [2.05, 4.69) is 5.32 Å². The Labute approximate surface area is 96.3 Å². The Morgan fingerprint density at radius 2 is 2.07 bits per heavy atom. The highest BCUT2D eigenvalue weighted by atomic mass is 32.2. The highest BCUT2D eigenvalue weighted by molar-refractivity contribution is 8.13. The van der Waals surface area contributed by atoms with Gasteiger partial charge in [-0.3, -0.25) is 4.99 Å². The van der Waals surface area contributed by atoms with Crippen molar-refractivity contribution in [2.24, 2.45) is 16.8 Å². The van der Waals surface area contributed by atoms with Gasteiger partial charge in [-0.15, -0.1) is 0 Å². The average molecular weight is 224 g/mol. The van der Waals surface area contributed by atoms with Gasteiger partial charge in [0.25, 0.3) is 0 Å². The van der Waals surface area contributed by atoms with Crippen LogP contribution in [0.15, 0.2) is 4.99 Å². The second kappa shape index (κ2) is 4.36. The van der Waals surface area contributed by atoms with Gasteiger partial charge in [-0.1, -0.05) is 24.6 Å². The van der Waals surface area contributed by atoms with E-state index in [4.69, 9.17) is 4.99 Å². The number of thioether (sulfide) groups is 1. The standard InChI is InChI=1S/C12H20N2S/c1-2-4-11-10(3-1)8-15-12(14-11)13-7-9-5-6-9/h9-11H,1-8H2,(H,13,14). The van der Waals surface area contributed by atoms with E-state index in [0.717, 1.165) is 24.4 Å². The topological polar surface area (TPSA) is 24.4 Å². The van der Waals surface area contributed by atoms with Crippen LogP contribution in [-0.2, 0) is 0 Å². The minimum atomic E-state index is 0.748. The van der Waals surface area contributed by atoms with E-state index < -0.39 is 0 Å². The minimum Gasteiger partial charge on any atom is -0.362 e. The molecule has 2 aliphatic carbocycles. The van der Waals surface area contributed by atoms with Crippen molar-refractivity contribution in [1.29, 1.82) is 0 Å². The molecule has 1 saturated heterocycles. The van der Waals surface area contributed by atoms with Gasteiger partial charge in [-0.2, -0.15) is 0 Å². The average Bonchev–Trinajstić information content (AvgIpc) is 3.10. The largest absolute Gasteiger partial charge is 0.362 e. The molecule has 2 saturated carbocycles. The number of amidine groups is 1. The molecule has 3 fully saturated rings. The van der Waals surface area contributed by atoms with Gasteiger partial charge >= 0.3 is 0 Å². The number of hydrogen-bond acceptors (Lipinski definition) is 2. The van der Waals surface area contributed by atoms with Gasteiger partial charge in [0.1, 0.15) is 0 Å². The van der Waals surface area contributed by atoms with Crippen molar-refractivity contribution in [2.75, 3.05) is 12.3 Å². The van der Waals surface area contributed by atoms with E-state index in [1.807, 2.05) is 11.8 Å². The summed E-state index contributed by atoms with van der Waals surface area (Å²) in [6, 6.07) is 0.748. The minimum absolute atomic E-state index is 0.748. The lowest BCUT2D eigenvalue weighted by molar-refractivity contribution is 0.311. The van der Waals surface area contributed by atoms with Gasteiger partial charge in [0.05, 0.1) is 0 Å². The van der Waals surface area contributed by atoms with Crippen molar-refractivity contribution < 1.29 is 0 Å². The molecule has 0 spiro atoms. The van der Waals surface area contributed by atoms with Crippen LogP contribution in [0.4, 0.5) is 0 Å². The van der Waals surface area contributed by atoms with E-state index >= 15 is 0 Å². The fourth-order valence-electron chi connectivity index (χ4n) is 2.59. The first kappa shape index (κ1) is 10.0. The van der Waals surface area contributed by atoms with Crippen LogP contribution in [-0.4, -0.2) is 23.5 Å². The molecule has 0 aromatic carbocycles. The molecule has 3 heteroatoms. The summed E-state index contributed by atoms with van der Waals surface area (Å²) in [4.78, 5) is 4.70. The van der Waals surface area contributed by atoms with Crippen LogP contribution in [0.5, 0.6) is 0 Å². The number of nitrogens with one attached hydrogen (secondary N) is 1. The zero-order chi connectivity index (χ0) is 10.1. The van der Waals surface area contributed by atoms with Gasteiger partial charge in [-0.05, 0) is 37.5 Å². The maximum Gasteiger partial charge on any atom is 0.156 e.